The first-order valence-electron chi connectivity index (χ1n) is 8.29. The van der Waals surface area contributed by atoms with E-state index in [1.807, 2.05) is 0 Å². The molecule has 1 saturated heterocycles. The molecule has 2 atom stereocenters. The maximum atomic E-state index is 6.66. The van der Waals surface area contributed by atoms with Gasteiger partial charge in [-0.25, -0.2) is 0 Å². The first kappa shape index (κ1) is 16.5. The van der Waals surface area contributed by atoms with Crippen LogP contribution in [0.1, 0.15) is 50.8 Å². The molecule has 118 valence electrons. The normalized spacial score (nSPS) is 21.0. The van der Waals surface area contributed by atoms with Gasteiger partial charge in [0.1, 0.15) is 0 Å². The highest BCUT2D eigenvalue weighted by atomic mass is 16.5. The summed E-state index contributed by atoms with van der Waals surface area (Å²) >= 11 is 0. The quantitative estimate of drug-likeness (QED) is 0.874. The number of nitrogens with zero attached hydrogens (tertiary/aromatic N) is 1. The Bertz CT molecular complexity index is 425. The van der Waals surface area contributed by atoms with E-state index in [4.69, 9.17) is 10.5 Å². The molecule has 0 saturated carbocycles. The van der Waals surface area contributed by atoms with E-state index in [0.29, 0.717) is 0 Å². The fourth-order valence-electron chi connectivity index (χ4n) is 3.25. The van der Waals surface area contributed by atoms with Crippen LogP contribution in [0.3, 0.4) is 0 Å². The van der Waals surface area contributed by atoms with Gasteiger partial charge in [0.15, 0.2) is 0 Å². The fourth-order valence-corrected chi connectivity index (χ4v) is 3.25. The highest BCUT2D eigenvalue weighted by molar-refractivity contribution is 5.27. The van der Waals surface area contributed by atoms with E-state index in [-0.39, 0.29) is 11.6 Å². The van der Waals surface area contributed by atoms with Crippen molar-refractivity contribution in [3.8, 4) is 0 Å². The molecule has 2 unspecified atom stereocenters. The van der Waals surface area contributed by atoms with Gasteiger partial charge in [-0.2, -0.15) is 0 Å². The van der Waals surface area contributed by atoms with Gasteiger partial charge in [-0.1, -0.05) is 44.5 Å². The molecule has 3 nitrogen and oxygen atoms in total. The number of hydrogen-bond acceptors (Lipinski definition) is 3. The third-order valence-corrected chi connectivity index (χ3v) is 5.00. The van der Waals surface area contributed by atoms with Crippen LogP contribution in [0.25, 0.3) is 0 Å². The number of hydrogen-bond donors (Lipinski definition) is 1. The summed E-state index contributed by atoms with van der Waals surface area (Å²) in [4.78, 5) is 2.50. The zero-order valence-corrected chi connectivity index (χ0v) is 13.8. The van der Waals surface area contributed by atoms with Crippen molar-refractivity contribution in [2.24, 2.45) is 5.73 Å². The van der Waals surface area contributed by atoms with Gasteiger partial charge in [0.05, 0.1) is 13.2 Å². The number of ether oxygens (including phenoxy) is 1. The minimum absolute atomic E-state index is 0.00392. The monoisotopic (exact) mass is 290 g/mol. The number of nitrogens with two attached hydrogens (primary N) is 1. The number of aryl methyl sites for hydroxylation is 1. The minimum atomic E-state index is -0.00392. The lowest BCUT2D eigenvalue weighted by molar-refractivity contribution is -0.0277. The van der Waals surface area contributed by atoms with Gasteiger partial charge in [0.25, 0.3) is 0 Å². The Kier molecular flexibility index (Phi) is 5.80. The van der Waals surface area contributed by atoms with Crippen molar-refractivity contribution in [3.05, 3.63) is 35.4 Å². The summed E-state index contributed by atoms with van der Waals surface area (Å²) in [6, 6.07) is 8.92. The number of morpholine rings is 1. The van der Waals surface area contributed by atoms with Crippen molar-refractivity contribution >= 4 is 0 Å². The highest BCUT2D eigenvalue weighted by Crippen LogP contribution is 2.33. The van der Waals surface area contributed by atoms with Gasteiger partial charge in [0, 0.05) is 24.7 Å². The summed E-state index contributed by atoms with van der Waals surface area (Å²) in [5, 5.41) is 0. The first-order valence-corrected chi connectivity index (χ1v) is 8.29. The minimum Gasteiger partial charge on any atom is -0.379 e. The van der Waals surface area contributed by atoms with E-state index in [9.17, 15) is 0 Å². The summed E-state index contributed by atoms with van der Waals surface area (Å²) in [5.41, 5.74) is 9.29. The predicted molar refractivity (Wildman–Crippen MR) is 88.5 cm³/mol. The number of rotatable bonds is 6. The Morgan fingerprint density at radius 3 is 2.33 bits per heavy atom. The molecule has 2 rings (SSSR count). The summed E-state index contributed by atoms with van der Waals surface area (Å²) < 4.78 is 5.48. The molecule has 1 fully saturated rings. The average molecular weight is 290 g/mol. The molecular formula is C18H30N2O. The smallest absolute Gasteiger partial charge is 0.0594 e. The van der Waals surface area contributed by atoms with Gasteiger partial charge in [-0.15, -0.1) is 0 Å². The maximum absolute atomic E-state index is 6.66. The predicted octanol–water partition coefficient (Wildman–Crippen LogP) is 3.14. The molecule has 0 aromatic heterocycles. The van der Waals surface area contributed by atoms with Crippen LogP contribution in [0.4, 0.5) is 0 Å². The average Bonchev–Trinajstić information content (AvgIpc) is 2.55. The molecule has 1 aliphatic rings. The van der Waals surface area contributed by atoms with Crippen molar-refractivity contribution in [1.82, 2.24) is 4.90 Å². The third kappa shape index (κ3) is 3.65. The SMILES string of the molecule is CCCc1ccc(C(N)C(C)(CC)N2CCOCC2)cc1. The van der Waals surface area contributed by atoms with Crippen LogP contribution >= 0.6 is 0 Å². The van der Waals surface area contributed by atoms with Crippen LogP contribution in [0.5, 0.6) is 0 Å². The molecule has 0 bridgehead atoms. The zero-order chi connectivity index (χ0) is 15.3. The largest absolute Gasteiger partial charge is 0.379 e. The van der Waals surface area contributed by atoms with E-state index < -0.39 is 0 Å². The van der Waals surface area contributed by atoms with E-state index in [0.717, 1.165) is 39.1 Å². The standard InChI is InChI=1S/C18H30N2O/c1-4-6-15-7-9-16(10-8-15)17(19)18(3,5-2)20-11-13-21-14-12-20/h7-10,17H,4-6,11-14,19H2,1-3H3. The second-order valence-electron chi connectivity index (χ2n) is 6.28. The Morgan fingerprint density at radius 1 is 1.19 bits per heavy atom. The molecule has 21 heavy (non-hydrogen) atoms. The van der Waals surface area contributed by atoms with Crippen LogP contribution in [-0.2, 0) is 11.2 Å². The van der Waals surface area contributed by atoms with Gasteiger partial charge in [0.2, 0.25) is 0 Å². The van der Waals surface area contributed by atoms with Crippen molar-refractivity contribution in [1.29, 1.82) is 0 Å². The maximum Gasteiger partial charge on any atom is 0.0594 e. The van der Waals surface area contributed by atoms with Crippen LogP contribution in [0.15, 0.2) is 24.3 Å². The molecular weight excluding hydrogens is 260 g/mol. The first-order chi connectivity index (χ1) is 10.1. The Labute approximate surface area is 129 Å². The van der Waals surface area contributed by atoms with Crippen LogP contribution in [0, 0.1) is 0 Å². The van der Waals surface area contributed by atoms with E-state index in [2.05, 4.69) is 49.9 Å². The summed E-state index contributed by atoms with van der Waals surface area (Å²) in [5.74, 6) is 0. The van der Waals surface area contributed by atoms with E-state index in [1.54, 1.807) is 0 Å². The zero-order valence-electron chi connectivity index (χ0n) is 13.8. The third-order valence-electron chi connectivity index (χ3n) is 5.00. The second kappa shape index (κ2) is 7.39. The molecule has 1 aromatic carbocycles. The Hall–Kier alpha value is -0.900. The lowest BCUT2D eigenvalue weighted by Crippen LogP contribution is -2.56. The van der Waals surface area contributed by atoms with Crippen LogP contribution in [0.2, 0.25) is 0 Å². The summed E-state index contributed by atoms with van der Waals surface area (Å²) in [6.45, 7) is 10.3. The molecule has 1 aromatic rings. The molecule has 0 aliphatic carbocycles. The Balaban J connectivity index is 2.16. The molecule has 1 aliphatic heterocycles. The highest BCUT2D eigenvalue weighted by Gasteiger charge is 2.37. The summed E-state index contributed by atoms with van der Waals surface area (Å²) in [7, 11) is 0. The van der Waals surface area contributed by atoms with Crippen molar-refractivity contribution in [2.75, 3.05) is 26.3 Å². The molecule has 0 radical (unpaired) electrons. The fraction of sp³-hybridized carbons (Fsp3) is 0.667. The van der Waals surface area contributed by atoms with Crippen molar-refractivity contribution in [3.63, 3.8) is 0 Å². The van der Waals surface area contributed by atoms with Gasteiger partial charge in [-0.05, 0) is 30.9 Å². The molecule has 2 N–H and O–H groups in total. The summed E-state index contributed by atoms with van der Waals surface area (Å²) in [6.07, 6.45) is 3.38. The van der Waals surface area contributed by atoms with Crippen LogP contribution in [-0.4, -0.2) is 36.7 Å². The van der Waals surface area contributed by atoms with Gasteiger partial charge < -0.3 is 10.5 Å². The Morgan fingerprint density at radius 2 is 1.81 bits per heavy atom. The van der Waals surface area contributed by atoms with Crippen molar-refractivity contribution in [2.45, 2.75) is 51.6 Å². The lowest BCUT2D eigenvalue weighted by Gasteiger charge is -2.46. The van der Waals surface area contributed by atoms with Crippen molar-refractivity contribution < 1.29 is 4.74 Å². The molecule has 1 heterocycles. The van der Waals surface area contributed by atoms with E-state index in [1.165, 1.54) is 17.5 Å². The lowest BCUT2D eigenvalue weighted by atomic mass is 9.83. The number of benzene rings is 1. The molecule has 0 spiro atoms. The second-order valence-corrected chi connectivity index (χ2v) is 6.28. The van der Waals surface area contributed by atoms with Gasteiger partial charge in [-0.3, -0.25) is 4.90 Å². The molecule has 0 amide bonds. The topological polar surface area (TPSA) is 38.5 Å². The molecule has 3 heteroatoms. The van der Waals surface area contributed by atoms with Gasteiger partial charge >= 0.3 is 0 Å². The van der Waals surface area contributed by atoms with Crippen LogP contribution < -0.4 is 5.73 Å². The van der Waals surface area contributed by atoms with E-state index >= 15 is 0 Å².